The van der Waals surface area contributed by atoms with Gasteiger partial charge in [-0.05, 0) is 38.5 Å². The molecule has 0 aliphatic heterocycles. The molecule has 3 rings (SSSR count). The SMILES string of the molecule is CCOC(=O)c1c(NC(C)=O)c2c(C)c(C)sc2n1CC(=O)Nc1ccccc1OC. The number of rotatable bonds is 7. The number of hydrogen-bond acceptors (Lipinski definition) is 6. The first-order valence-corrected chi connectivity index (χ1v) is 10.6. The lowest BCUT2D eigenvalue weighted by atomic mass is 10.2. The summed E-state index contributed by atoms with van der Waals surface area (Å²) >= 11 is 1.46. The van der Waals surface area contributed by atoms with Crippen LogP contribution in [-0.2, 0) is 20.9 Å². The average molecular weight is 444 g/mol. The molecule has 0 bridgehead atoms. The summed E-state index contributed by atoms with van der Waals surface area (Å²) in [4.78, 5) is 39.4. The predicted octanol–water partition coefficient (Wildman–Crippen LogP) is 4.10. The van der Waals surface area contributed by atoms with Crippen molar-refractivity contribution in [1.82, 2.24) is 4.57 Å². The fourth-order valence-corrected chi connectivity index (χ4v) is 4.56. The van der Waals surface area contributed by atoms with E-state index < -0.39 is 5.97 Å². The Bertz CT molecular complexity index is 1160. The Labute approximate surface area is 184 Å². The van der Waals surface area contributed by atoms with Crippen LogP contribution in [0.25, 0.3) is 10.2 Å². The second-order valence-electron chi connectivity index (χ2n) is 6.92. The molecule has 0 atom stereocenters. The summed E-state index contributed by atoms with van der Waals surface area (Å²) in [6, 6.07) is 7.07. The van der Waals surface area contributed by atoms with Crippen LogP contribution in [0.2, 0.25) is 0 Å². The van der Waals surface area contributed by atoms with Gasteiger partial charge in [0.15, 0.2) is 5.69 Å². The molecule has 0 aliphatic carbocycles. The van der Waals surface area contributed by atoms with Crippen LogP contribution in [0, 0.1) is 13.8 Å². The number of ether oxygens (including phenoxy) is 2. The third-order valence-corrected chi connectivity index (χ3v) is 6.05. The maximum Gasteiger partial charge on any atom is 0.357 e. The number of anilines is 2. The minimum Gasteiger partial charge on any atom is -0.495 e. The van der Waals surface area contributed by atoms with Crippen molar-refractivity contribution in [3.63, 3.8) is 0 Å². The van der Waals surface area contributed by atoms with Crippen LogP contribution in [-0.4, -0.2) is 36.1 Å². The van der Waals surface area contributed by atoms with Crippen LogP contribution in [0.15, 0.2) is 24.3 Å². The molecule has 0 aliphatic rings. The Hall–Kier alpha value is -3.33. The first-order chi connectivity index (χ1) is 14.8. The van der Waals surface area contributed by atoms with Crippen molar-refractivity contribution in [3.05, 3.63) is 40.4 Å². The van der Waals surface area contributed by atoms with Gasteiger partial charge in [-0.2, -0.15) is 0 Å². The van der Waals surface area contributed by atoms with Gasteiger partial charge in [0.05, 0.1) is 25.1 Å². The molecule has 9 heteroatoms. The molecule has 2 N–H and O–H groups in total. The van der Waals surface area contributed by atoms with Crippen molar-refractivity contribution in [3.8, 4) is 5.75 Å². The van der Waals surface area contributed by atoms with E-state index in [1.165, 1.54) is 25.4 Å². The van der Waals surface area contributed by atoms with Crippen molar-refractivity contribution in [2.24, 2.45) is 0 Å². The van der Waals surface area contributed by atoms with Crippen LogP contribution >= 0.6 is 11.3 Å². The summed E-state index contributed by atoms with van der Waals surface area (Å²) in [5.74, 6) is -0.728. The van der Waals surface area contributed by atoms with E-state index in [9.17, 15) is 14.4 Å². The van der Waals surface area contributed by atoms with Gasteiger partial charge in [0.25, 0.3) is 0 Å². The number of methoxy groups -OCH3 is 1. The first kappa shape index (κ1) is 22.4. The van der Waals surface area contributed by atoms with E-state index in [0.717, 1.165) is 20.7 Å². The normalized spacial score (nSPS) is 10.7. The highest BCUT2D eigenvalue weighted by molar-refractivity contribution is 7.19. The van der Waals surface area contributed by atoms with Gasteiger partial charge in [0.1, 0.15) is 17.1 Å². The lowest BCUT2D eigenvalue weighted by Gasteiger charge is -2.13. The molecule has 2 aromatic heterocycles. The molecule has 2 heterocycles. The summed E-state index contributed by atoms with van der Waals surface area (Å²) in [5.41, 5.74) is 1.99. The van der Waals surface area contributed by atoms with Crippen molar-refractivity contribution in [2.75, 3.05) is 24.4 Å². The third-order valence-electron chi connectivity index (χ3n) is 4.82. The van der Waals surface area contributed by atoms with E-state index in [1.54, 1.807) is 35.8 Å². The van der Waals surface area contributed by atoms with Gasteiger partial charge in [-0.3, -0.25) is 9.59 Å². The van der Waals surface area contributed by atoms with Crippen LogP contribution in [0.5, 0.6) is 5.75 Å². The quantitative estimate of drug-likeness (QED) is 0.536. The van der Waals surface area contributed by atoms with Gasteiger partial charge in [-0.1, -0.05) is 12.1 Å². The van der Waals surface area contributed by atoms with E-state index in [-0.39, 0.29) is 30.7 Å². The molecule has 2 amide bonds. The van der Waals surface area contributed by atoms with E-state index >= 15 is 0 Å². The van der Waals surface area contributed by atoms with Gasteiger partial charge in [0.2, 0.25) is 11.8 Å². The molecule has 0 saturated heterocycles. The van der Waals surface area contributed by atoms with Gasteiger partial charge in [-0.15, -0.1) is 11.3 Å². The number of aryl methyl sites for hydroxylation is 2. The molecule has 0 radical (unpaired) electrons. The Kier molecular flexibility index (Phi) is 6.65. The fourth-order valence-electron chi connectivity index (χ4n) is 3.39. The van der Waals surface area contributed by atoms with Gasteiger partial charge in [-0.25, -0.2) is 4.79 Å². The Balaban J connectivity index is 2.10. The second kappa shape index (κ2) is 9.22. The van der Waals surface area contributed by atoms with Crippen LogP contribution < -0.4 is 15.4 Å². The number of para-hydroxylation sites is 2. The van der Waals surface area contributed by atoms with E-state index in [1.807, 2.05) is 13.8 Å². The molecule has 1 aromatic carbocycles. The number of carbonyl (C=O) groups excluding carboxylic acids is 3. The highest BCUT2D eigenvalue weighted by atomic mass is 32.1. The maximum atomic E-state index is 12.9. The molecular formula is C22H25N3O5S. The smallest absolute Gasteiger partial charge is 0.357 e. The van der Waals surface area contributed by atoms with Gasteiger partial charge in [0, 0.05) is 17.2 Å². The van der Waals surface area contributed by atoms with Crippen LogP contribution in [0.4, 0.5) is 11.4 Å². The number of aromatic nitrogens is 1. The Morgan fingerprint density at radius 1 is 1.13 bits per heavy atom. The Morgan fingerprint density at radius 2 is 1.84 bits per heavy atom. The van der Waals surface area contributed by atoms with Crippen molar-refractivity contribution in [1.29, 1.82) is 0 Å². The fraction of sp³-hybridized carbons (Fsp3) is 0.318. The topological polar surface area (TPSA) is 98.7 Å². The molecule has 0 spiro atoms. The monoisotopic (exact) mass is 443 g/mol. The minimum absolute atomic E-state index is 0.137. The molecule has 0 saturated carbocycles. The van der Waals surface area contributed by atoms with E-state index in [2.05, 4.69) is 10.6 Å². The number of carbonyl (C=O) groups is 3. The molecular weight excluding hydrogens is 418 g/mol. The molecule has 8 nitrogen and oxygen atoms in total. The zero-order valence-corrected chi connectivity index (χ0v) is 18.9. The largest absolute Gasteiger partial charge is 0.495 e. The standard InChI is InChI=1S/C22H25N3O5S/c1-6-30-22(28)20-19(23-14(4)26)18-12(2)13(3)31-21(18)25(20)11-17(27)24-15-9-7-8-10-16(15)29-5/h7-10H,6,11H2,1-5H3,(H,23,26)(H,24,27). The second-order valence-corrected chi connectivity index (χ2v) is 8.13. The molecule has 3 aromatic rings. The summed E-state index contributed by atoms with van der Waals surface area (Å²) in [6.07, 6.45) is 0. The van der Waals surface area contributed by atoms with E-state index in [4.69, 9.17) is 9.47 Å². The van der Waals surface area contributed by atoms with Crippen LogP contribution in [0.3, 0.4) is 0 Å². The number of hydrogen-bond donors (Lipinski definition) is 2. The first-order valence-electron chi connectivity index (χ1n) is 9.78. The summed E-state index contributed by atoms with van der Waals surface area (Å²) in [7, 11) is 1.52. The van der Waals surface area contributed by atoms with Crippen molar-refractivity contribution in [2.45, 2.75) is 34.2 Å². The summed E-state index contributed by atoms with van der Waals surface area (Å²) in [5, 5.41) is 6.33. The number of benzene rings is 1. The predicted molar refractivity (Wildman–Crippen MR) is 121 cm³/mol. The third kappa shape index (κ3) is 4.41. The summed E-state index contributed by atoms with van der Waals surface area (Å²) in [6.45, 7) is 7.00. The molecule has 0 unspecified atom stereocenters. The van der Waals surface area contributed by atoms with Gasteiger partial charge >= 0.3 is 5.97 Å². The minimum atomic E-state index is -0.600. The average Bonchev–Trinajstić information content (AvgIpc) is 3.16. The number of esters is 1. The highest BCUT2D eigenvalue weighted by Crippen LogP contribution is 2.40. The lowest BCUT2D eigenvalue weighted by Crippen LogP contribution is -2.23. The zero-order chi connectivity index (χ0) is 22.7. The molecule has 31 heavy (non-hydrogen) atoms. The van der Waals surface area contributed by atoms with Crippen molar-refractivity contribution >= 4 is 50.7 Å². The number of amides is 2. The lowest BCUT2D eigenvalue weighted by molar-refractivity contribution is -0.116. The molecule has 164 valence electrons. The number of nitrogens with zero attached hydrogens (tertiary/aromatic N) is 1. The number of nitrogens with one attached hydrogen (secondary N) is 2. The summed E-state index contributed by atoms with van der Waals surface area (Å²) < 4.78 is 12.1. The van der Waals surface area contributed by atoms with E-state index in [0.29, 0.717) is 17.1 Å². The Morgan fingerprint density at radius 3 is 2.48 bits per heavy atom. The maximum absolute atomic E-state index is 12.9. The molecule has 0 fully saturated rings. The number of fused-ring (bicyclic) bond motifs is 1. The zero-order valence-electron chi connectivity index (χ0n) is 18.1. The highest BCUT2D eigenvalue weighted by Gasteiger charge is 2.29. The number of thiophene rings is 1. The van der Waals surface area contributed by atoms with Gasteiger partial charge < -0.3 is 24.7 Å². The van der Waals surface area contributed by atoms with Crippen molar-refractivity contribution < 1.29 is 23.9 Å². The van der Waals surface area contributed by atoms with Crippen LogP contribution in [0.1, 0.15) is 34.8 Å².